The van der Waals surface area contributed by atoms with Crippen molar-refractivity contribution in [2.75, 3.05) is 37.0 Å². The number of nitrogens with one attached hydrogen (secondary N) is 1. The monoisotopic (exact) mass is 525 g/mol. The highest BCUT2D eigenvalue weighted by Gasteiger charge is 2.24. The Labute approximate surface area is 229 Å². The van der Waals surface area contributed by atoms with E-state index >= 15 is 0 Å². The number of carboxylic acid groups (broad SMARTS) is 1. The number of piperidine rings is 1. The van der Waals surface area contributed by atoms with Gasteiger partial charge in [0, 0.05) is 50.4 Å². The minimum Gasteiger partial charge on any atom is -0.481 e. The number of anilines is 2. The molecule has 202 valence electrons. The SMILES string of the molecule is C=C(/C=C\C(=C)NC(=O)c1ccc2ccccc2c1)Cc1nc(N(C)C)c(CC(=O)O)c(N2CCCCC2)n1. The lowest BCUT2D eigenvalue weighted by Gasteiger charge is -2.31. The number of hydrogen-bond donors (Lipinski definition) is 2. The van der Waals surface area contributed by atoms with Gasteiger partial charge in [0.25, 0.3) is 5.91 Å². The lowest BCUT2D eigenvalue weighted by molar-refractivity contribution is -0.136. The van der Waals surface area contributed by atoms with Gasteiger partial charge in [0.2, 0.25) is 0 Å². The first-order valence-corrected chi connectivity index (χ1v) is 13.1. The molecule has 8 heteroatoms. The lowest BCUT2D eigenvalue weighted by atomic mass is 10.1. The van der Waals surface area contributed by atoms with Crippen LogP contribution in [0.5, 0.6) is 0 Å². The third-order valence-corrected chi connectivity index (χ3v) is 6.61. The summed E-state index contributed by atoms with van der Waals surface area (Å²) in [5.74, 6) is 0.708. The Morgan fingerprint density at radius 2 is 1.72 bits per heavy atom. The van der Waals surface area contributed by atoms with Gasteiger partial charge in [0.15, 0.2) is 0 Å². The molecule has 0 saturated carbocycles. The summed E-state index contributed by atoms with van der Waals surface area (Å²) in [7, 11) is 3.71. The molecule has 0 aliphatic carbocycles. The van der Waals surface area contributed by atoms with E-state index in [1.807, 2.05) is 55.4 Å². The van der Waals surface area contributed by atoms with Crippen molar-refractivity contribution < 1.29 is 14.7 Å². The van der Waals surface area contributed by atoms with Gasteiger partial charge in [-0.3, -0.25) is 9.59 Å². The molecule has 2 heterocycles. The van der Waals surface area contributed by atoms with Gasteiger partial charge in [-0.2, -0.15) is 0 Å². The van der Waals surface area contributed by atoms with Crippen LogP contribution in [0.3, 0.4) is 0 Å². The fourth-order valence-electron chi connectivity index (χ4n) is 4.70. The minimum atomic E-state index is -0.913. The van der Waals surface area contributed by atoms with Gasteiger partial charge in [-0.05, 0) is 53.8 Å². The van der Waals surface area contributed by atoms with Crippen molar-refractivity contribution in [3.05, 3.63) is 96.0 Å². The molecule has 4 rings (SSSR count). The number of carbonyl (C=O) groups excluding carboxylic acids is 1. The summed E-state index contributed by atoms with van der Waals surface area (Å²) < 4.78 is 0. The number of amides is 1. The van der Waals surface area contributed by atoms with E-state index in [1.165, 1.54) is 0 Å². The van der Waals surface area contributed by atoms with Crippen LogP contribution in [0.2, 0.25) is 0 Å². The molecule has 39 heavy (non-hydrogen) atoms. The van der Waals surface area contributed by atoms with E-state index in [9.17, 15) is 14.7 Å². The Hall–Kier alpha value is -4.46. The Morgan fingerprint density at radius 3 is 2.41 bits per heavy atom. The van der Waals surface area contributed by atoms with Crippen molar-refractivity contribution in [1.29, 1.82) is 0 Å². The van der Waals surface area contributed by atoms with Crippen LogP contribution < -0.4 is 15.1 Å². The first kappa shape index (κ1) is 27.6. The van der Waals surface area contributed by atoms with E-state index in [0.717, 1.165) is 48.7 Å². The molecule has 2 aromatic carbocycles. The number of fused-ring (bicyclic) bond motifs is 1. The van der Waals surface area contributed by atoms with Gasteiger partial charge in [-0.1, -0.05) is 49.6 Å². The topological polar surface area (TPSA) is 98.7 Å². The van der Waals surface area contributed by atoms with Crippen LogP contribution in [0.1, 0.15) is 41.0 Å². The van der Waals surface area contributed by atoms with Crippen LogP contribution in [0.25, 0.3) is 10.8 Å². The highest BCUT2D eigenvalue weighted by molar-refractivity contribution is 5.99. The number of rotatable bonds is 10. The molecule has 0 bridgehead atoms. The summed E-state index contributed by atoms with van der Waals surface area (Å²) >= 11 is 0. The van der Waals surface area contributed by atoms with Gasteiger partial charge in [0.1, 0.15) is 17.5 Å². The van der Waals surface area contributed by atoms with Crippen LogP contribution in [0.15, 0.2) is 79.0 Å². The Morgan fingerprint density at radius 1 is 1.00 bits per heavy atom. The van der Waals surface area contributed by atoms with Crippen molar-refractivity contribution in [3.8, 4) is 0 Å². The van der Waals surface area contributed by atoms with Gasteiger partial charge in [-0.15, -0.1) is 0 Å². The average molecular weight is 526 g/mol. The zero-order chi connectivity index (χ0) is 27.9. The van der Waals surface area contributed by atoms with Gasteiger partial charge in [0.05, 0.1) is 6.42 Å². The van der Waals surface area contributed by atoms with Crippen LogP contribution in [-0.2, 0) is 17.6 Å². The minimum absolute atomic E-state index is 0.142. The molecule has 0 radical (unpaired) electrons. The van der Waals surface area contributed by atoms with E-state index in [1.54, 1.807) is 18.2 Å². The summed E-state index contributed by atoms with van der Waals surface area (Å²) in [6.07, 6.45) is 6.98. The number of aliphatic carboxylic acids is 1. The van der Waals surface area contributed by atoms with E-state index in [-0.39, 0.29) is 12.3 Å². The molecular weight excluding hydrogens is 490 g/mol. The third kappa shape index (κ3) is 7.10. The summed E-state index contributed by atoms with van der Waals surface area (Å²) in [6.45, 7) is 9.77. The molecular formula is C31H35N5O3. The van der Waals surface area contributed by atoms with E-state index in [0.29, 0.717) is 40.7 Å². The second kappa shape index (κ2) is 12.4. The summed E-state index contributed by atoms with van der Waals surface area (Å²) in [4.78, 5) is 37.9. The molecule has 1 aromatic heterocycles. The normalized spacial score (nSPS) is 13.4. The maximum Gasteiger partial charge on any atom is 0.308 e. The quantitative estimate of drug-likeness (QED) is 0.363. The lowest BCUT2D eigenvalue weighted by Crippen LogP contribution is -2.33. The number of benzene rings is 2. The molecule has 0 spiro atoms. The third-order valence-electron chi connectivity index (χ3n) is 6.61. The molecule has 0 unspecified atom stereocenters. The van der Waals surface area contributed by atoms with Gasteiger partial charge >= 0.3 is 5.97 Å². The second-order valence-corrected chi connectivity index (χ2v) is 9.99. The number of nitrogens with zero attached hydrogens (tertiary/aromatic N) is 4. The molecule has 8 nitrogen and oxygen atoms in total. The van der Waals surface area contributed by atoms with Crippen LogP contribution in [-0.4, -0.2) is 54.1 Å². The summed E-state index contributed by atoms with van der Waals surface area (Å²) in [6, 6.07) is 13.5. The number of hydrogen-bond acceptors (Lipinski definition) is 6. The smallest absolute Gasteiger partial charge is 0.308 e. The molecule has 3 aromatic rings. The van der Waals surface area contributed by atoms with E-state index in [4.69, 9.17) is 9.97 Å². The Bertz CT molecular complexity index is 1440. The fraction of sp³-hybridized carbons (Fsp3) is 0.290. The first-order valence-electron chi connectivity index (χ1n) is 13.1. The van der Waals surface area contributed by atoms with E-state index < -0.39 is 5.97 Å². The van der Waals surface area contributed by atoms with Gasteiger partial charge < -0.3 is 20.2 Å². The molecule has 1 aliphatic heterocycles. The molecule has 2 N–H and O–H groups in total. The second-order valence-electron chi connectivity index (χ2n) is 9.99. The standard InChI is InChI=1S/C31H35N5O3/c1-21(12-13-22(2)32-31(39)25-15-14-23-10-6-7-11-24(23)19-25)18-27-33-29(35(3)4)26(20-28(37)38)30(34-27)36-16-8-5-9-17-36/h6-7,10-15,19H,1-2,5,8-9,16-18,20H2,3-4H3,(H,32,39)(H,37,38)/b13-12-. The highest BCUT2D eigenvalue weighted by atomic mass is 16.4. The molecule has 1 fully saturated rings. The van der Waals surface area contributed by atoms with Crippen molar-refractivity contribution in [3.63, 3.8) is 0 Å². The number of carboxylic acids is 1. The fourth-order valence-corrected chi connectivity index (χ4v) is 4.70. The zero-order valence-corrected chi connectivity index (χ0v) is 22.6. The largest absolute Gasteiger partial charge is 0.481 e. The number of aromatic nitrogens is 2. The maximum absolute atomic E-state index is 12.7. The summed E-state index contributed by atoms with van der Waals surface area (Å²) in [5.41, 5.74) is 2.36. The van der Waals surface area contributed by atoms with Crippen LogP contribution >= 0.6 is 0 Å². The highest BCUT2D eigenvalue weighted by Crippen LogP contribution is 2.30. The predicted octanol–water partition coefficient (Wildman–Crippen LogP) is 4.91. The van der Waals surface area contributed by atoms with E-state index in [2.05, 4.69) is 23.4 Å². The molecule has 1 saturated heterocycles. The van der Waals surface area contributed by atoms with Crippen LogP contribution in [0.4, 0.5) is 11.6 Å². The summed E-state index contributed by atoms with van der Waals surface area (Å²) in [5, 5.41) is 14.4. The Balaban J connectivity index is 1.47. The van der Waals surface area contributed by atoms with Crippen molar-refractivity contribution >= 4 is 34.3 Å². The zero-order valence-electron chi connectivity index (χ0n) is 22.6. The molecule has 1 amide bonds. The Kier molecular flexibility index (Phi) is 8.76. The number of allylic oxidation sites excluding steroid dienone is 3. The van der Waals surface area contributed by atoms with Crippen LogP contribution in [0, 0.1) is 0 Å². The predicted molar refractivity (Wildman–Crippen MR) is 156 cm³/mol. The van der Waals surface area contributed by atoms with Crippen molar-refractivity contribution in [2.24, 2.45) is 0 Å². The molecule has 1 aliphatic rings. The maximum atomic E-state index is 12.7. The van der Waals surface area contributed by atoms with Gasteiger partial charge in [-0.25, -0.2) is 9.97 Å². The average Bonchev–Trinajstić information content (AvgIpc) is 2.92. The van der Waals surface area contributed by atoms with Crippen molar-refractivity contribution in [2.45, 2.75) is 32.1 Å². The number of carbonyl (C=O) groups is 2. The van der Waals surface area contributed by atoms with Crippen molar-refractivity contribution in [1.82, 2.24) is 15.3 Å². The first-order chi connectivity index (χ1) is 18.7. The molecule has 0 atom stereocenters.